The first-order chi connectivity index (χ1) is 8.92. The summed E-state index contributed by atoms with van der Waals surface area (Å²) < 4.78 is 27.6. The molecule has 7 heteroatoms. The standard InChI is InChI=1S/C12H16N2O4S/c1-3-5-6-7-13-19(17,18)10-8-11(12(15)16)14(4-2)9-10/h8-9,13H,4,6-7H2,1-2H3,(H,15,16). The van der Waals surface area contributed by atoms with Gasteiger partial charge in [-0.15, -0.1) is 11.8 Å². The number of aromatic nitrogens is 1. The quantitative estimate of drug-likeness (QED) is 0.600. The molecule has 2 N–H and O–H groups in total. The zero-order chi connectivity index (χ0) is 14.5. The number of nitrogens with one attached hydrogen (secondary N) is 1. The summed E-state index contributed by atoms with van der Waals surface area (Å²) in [6.45, 7) is 4.00. The molecule has 0 atom stereocenters. The summed E-state index contributed by atoms with van der Waals surface area (Å²) in [5, 5.41) is 8.97. The molecule has 1 heterocycles. The van der Waals surface area contributed by atoms with E-state index < -0.39 is 16.0 Å². The smallest absolute Gasteiger partial charge is 0.352 e. The Balaban J connectivity index is 2.94. The van der Waals surface area contributed by atoms with E-state index in [1.807, 2.05) is 0 Å². The number of aryl methyl sites for hydroxylation is 1. The second-order valence-electron chi connectivity index (χ2n) is 3.73. The Morgan fingerprint density at radius 2 is 2.21 bits per heavy atom. The van der Waals surface area contributed by atoms with Gasteiger partial charge < -0.3 is 9.67 Å². The fourth-order valence-electron chi connectivity index (χ4n) is 1.53. The molecule has 0 amide bonds. The van der Waals surface area contributed by atoms with Crippen LogP contribution in [0.1, 0.15) is 30.8 Å². The van der Waals surface area contributed by atoms with Crippen LogP contribution in [0.5, 0.6) is 0 Å². The maximum atomic E-state index is 11.9. The lowest BCUT2D eigenvalue weighted by molar-refractivity contribution is 0.0685. The second kappa shape index (κ2) is 6.41. The van der Waals surface area contributed by atoms with Crippen molar-refractivity contribution >= 4 is 16.0 Å². The van der Waals surface area contributed by atoms with Crippen LogP contribution in [0.4, 0.5) is 0 Å². The van der Waals surface area contributed by atoms with Crippen LogP contribution in [-0.4, -0.2) is 30.6 Å². The van der Waals surface area contributed by atoms with Crippen molar-refractivity contribution in [2.75, 3.05) is 6.54 Å². The zero-order valence-electron chi connectivity index (χ0n) is 10.8. The van der Waals surface area contributed by atoms with Crippen LogP contribution in [-0.2, 0) is 16.6 Å². The number of hydrogen-bond donors (Lipinski definition) is 2. The molecule has 0 aliphatic carbocycles. The molecule has 0 aliphatic heterocycles. The molecule has 0 aliphatic rings. The van der Waals surface area contributed by atoms with Crippen LogP contribution in [0.3, 0.4) is 0 Å². The number of carboxylic acids is 1. The lowest BCUT2D eigenvalue weighted by Crippen LogP contribution is -2.24. The normalized spacial score (nSPS) is 10.8. The third-order valence-corrected chi connectivity index (χ3v) is 3.89. The highest BCUT2D eigenvalue weighted by Crippen LogP contribution is 2.14. The van der Waals surface area contributed by atoms with E-state index in [2.05, 4.69) is 16.6 Å². The van der Waals surface area contributed by atoms with E-state index in [1.165, 1.54) is 10.8 Å². The van der Waals surface area contributed by atoms with Crippen LogP contribution >= 0.6 is 0 Å². The molecule has 0 saturated carbocycles. The average molecular weight is 284 g/mol. The zero-order valence-corrected chi connectivity index (χ0v) is 11.6. The highest BCUT2D eigenvalue weighted by molar-refractivity contribution is 7.89. The van der Waals surface area contributed by atoms with Crippen molar-refractivity contribution in [1.82, 2.24) is 9.29 Å². The molecule has 0 fully saturated rings. The van der Waals surface area contributed by atoms with Gasteiger partial charge in [-0.3, -0.25) is 0 Å². The Morgan fingerprint density at radius 3 is 2.68 bits per heavy atom. The van der Waals surface area contributed by atoms with Crippen LogP contribution in [0.25, 0.3) is 0 Å². The van der Waals surface area contributed by atoms with Crippen molar-refractivity contribution in [1.29, 1.82) is 0 Å². The number of hydrogen-bond acceptors (Lipinski definition) is 3. The monoisotopic (exact) mass is 284 g/mol. The van der Waals surface area contributed by atoms with Gasteiger partial charge in [0.05, 0.1) is 0 Å². The second-order valence-corrected chi connectivity index (χ2v) is 5.49. The van der Waals surface area contributed by atoms with Gasteiger partial charge in [-0.1, -0.05) is 0 Å². The molecule has 1 rings (SSSR count). The molecule has 0 bridgehead atoms. The van der Waals surface area contributed by atoms with Gasteiger partial charge in [0, 0.05) is 25.7 Å². The summed E-state index contributed by atoms with van der Waals surface area (Å²) in [4.78, 5) is 10.9. The van der Waals surface area contributed by atoms with E-state index in [0.717, 1.165) is 6.07 Å². The molecular formula is C12H16N2O4S. The summed E-state index contributed by atoms with van der Waals surface area (Å²) in [5.74, 6) is 4.25. The highest BCUT2D eigenvalue weighted by atomic mass is 32.2. The molecule has 19 heavy (non-hydrogen) atoms. The number of carboxylic acid groups (broad SMARTS) is 1. The van der Waals surface area contributed by atoms with E-state index in [9.17, 15) is 13.2 Å². The largest absolute Gasteiger partial charge is 0.477 e. The minimum absolute atomic E-state index is 0.0452. The summed E-state index contributed by atoms with van der Waals surface area (Å²) in [6.07, 6.45) is 1.73. The highest BCUT2D eigenvalue weighted by Gasteiger charge is 2.20. The Labute approximate surface area is 112 Å². The van der Waals surface area contributed by atoms with Gasteiger partial charge in [0.2, 0.25) is 10.0 Å². The molecule has 0 aromatic carbocycles. The minimum atomic E-state index is -3.69. The third-order valence-electron chi connectivity index (χ3n) is 2.46. The number of nitrogens with zero attached hydrogens (tertiary/aromatic N) is 1. The predicted octanol–water partition coefficient (Wildman–Crippen LogP) is 0.898. The topological polar surface area (TPSA) is 88.4 Å². The van der Waals surface area contributed by atoms with Gasteiger partial charge in [0.1, 0.15) is 10.6 Å². The molecule has 0 radical (unpaired) electrons. The van der Waals surface area contributed by atoms with Gasteiger partial charge in [-0.2, -0.15) is 0 Å². The summed E-state index contributed by atoms with van der Waals surface area (Å²) in [7, 11) is -3.69. The first kappa shape index (κ1) is 15.3. The first-order valence-electron chi connectivity index (χ1n) is 5.75. The maximum absolute atomic E-state index is 11.9. The summed E-state index contributed by atoms with van der Waals surface area (Å²) in [5.41, 5.74) is -0.0452. The molecule has 0 unspecified atom stereocenters. The van der Waals surface area contributed by atoms with Crippen LogP contribution in [0.2, 0.25) is 0 Å². The lowest BCUT2D eigenvalue weighted by Gasteiger charge is -2.02. The van der Waals surface area contributed by atoms with Crippen LogP contribution in [0.15, 0.2) is 17.2 Å². The van der Waals surface area contributed by atoms with Gasteiger partial charge in [0.15, 0.2) is 0 Å². The Bertz CT molecular complexity index is 620. The van der Waals surface area contributed by atoms with Crippen molar-refractivity contribution in [2.24, 2.45) is 0 Å². The summed E-state index contributed by atoms with van der Waals surface area (Å²) in [6, 6.07) is 1.15. The lowest BCUT2D eigenvalue weighted by atomic mass is 10.4. The molecular weight excluding hydrogens is 268 g/mol. The van der Waals surface area contributed by atoms with E-state index in [-0.39, 0.29) is 17.1 Å². The maximum Gasteiger partial charge on any atom is 0.352 e. The Hall–Kier alpha value is -1.78. The van der Waals surface area contributed by atoms with E-state index in [4.69, 9.17) is 5.11 Å². The Kier molecular flexibility index (Phi) is 5.15. The molecule has 1 aromatic heterocycles. The van der Waals surface area contributed by atoms with E-state index in [0.29, 0.717) is 13.0 Å². The van der Waals surface area contributed by atoms with E-state index >= 15 is 0 Å². The summed E-state index contributed by atoms with van der Waals surface area (Å²) >= 11 is 0. The molecule has 0 saturated heterocycles. The number of rotatable bonds is 6. The fourth-order valence-corrected chi connectivity index (χ4v) is 2.60. The number of sulfonamides is 1. The van der Waals surface area contributed by atoms with Crippen molar-refractivity contribution in [3.05, 3.63) is 18.0 Å². The SMILES string of the molecule is CC#CCCNS(=O)(=O)c1cc(C(=O)O)n(CC)c1. The van der Waals surface area contributed by atoms with Crippen molar-refractivity contribution < 1.29 is 18.3 Å². The van der Waals surface area contributed by atoms with Crippen molar-refractivity contribution in [2.45, 2.75) is 31.7 Å². The predicted molar refractivity (Wildman–Crippen MR) is 70.3 cm³/mol. The first-order valence-corrected chi connectivity index (χ1v) is 7.23. The third kappa shape index (κ3) is 3.84. The van der Waals surface area contributed by atoms with Gasteiger partial charge in [-0.05, 0) is 19.9 Å². The molecule has 1 aromatic rings. The van der Waals surface area contributed by atoms with Gasteiger partial charge in [-0.25, -0.2) is 17.9 Å². The van der Waals surface area contributed by atoms with Crippen LogP contribution < -0.4 is 4.72 Å². The molecule has 6 nitrogen and oxygen atoms in total. The van der Waals surface area contributed by atoms with Crippen molar-refractivity contribution in [3.8, 4) is 11.8 Å². The van der Waals surface area contributed by atoms with Gasteiger partial charge in [0.25, 0.3) is 0 Å². The van der Waals surface area contributed by atoms with Crippen molar-refractivity contribution in [3.63, 3.8) is 0 Å². The fraction of sp³-hybridized carbons (Fsp3) is 0.417. The number of aromatic carboxylic acids is 1. The van der Waals surface area contributed by atoms with Gasteiger partial charge >= 0.3 is 5.97 Å². The number of carbonyl (C=O) groups is 1. The average Bonchev–Trinajstić information content (AvgIpc) is 2.79. The van der Waals surface area contributed by atoms with Crippen LogP contribution in [0, 0.1) is 11.8 Å². The minimum Gasteiger partial charge on any atom is -0.477 e. The molecule has 104 valence electrons. The molecule has 0 spiro atoms. The Morgan fingerprint density at radius 1 is 1.53 bits per heavy atom. The van der Waals surface area contributed by atoms with E-state index in [1.54, 1.807) is 13.8 Å².